The van der Waals surface area contributed by atoms with E-state index in [-0.39, 0.29) is 24.8 Å². The number of carboxylic acids is 1. The van der Waals surface area contributed by atoms with Gasteiger partial charge in [-0.05, 0) is 31.2 Å². The summed E-state index contributed by atoms with van der Waals surface area (Å²) in [5, 5.41) is 52.1. The van der Waals surface area contributed by atoms with Crippen molar-refractivity contribution in [2.75, 3.05) is 13.7 Å². The minimum absolute atomic E-state index is 0.0101. The highest BCUT2D eigenvalue weighted by molar-refractivity contribution is 5.90. The largest absolute Gasteiger partial charge is 0.481 e. The van der Waals surface area contributed by atoms with Crippen molar-refractivity contribution in [1.82, 2.24) is 0 Å². The van der Waals surface area contributed by atoms with Crippen LogP contribution in [0, 0.1) is 11.8 Å². The first-order valence-electron chi connectivity index (χ1n) is 12.3. The quantitative estimate of drug-likeness (QED) is 0.210. The third kappa shape index (κ3) is 6.46. The Bertz CT molecular complexity index is 963. The zero-order valence-electron chi connectivity index (χ0n) is 20.8. The number of esters is 1. The van der Waals surface area contributed by atoms with Crippen molar-refractivity contribution in [2.45, 2.75) is 68.4 Å². The number of methoxy groups -OCH3 is 1. The van der Waals surface area contributed by atoms with Crippen LogP contribution < -0.4 is 0 Å². The predicted molar refractivity (Wildman–Crippen MR) is 131 cm³/mol. The fourth-order valence-corrected chi connectivity index (χ4v) is 5.21. The van der Waals surface area contributed by atoms with Crippen LogP contribution in [0.5, 0.6) is 0 Å². The average molecular weight is 521 g/mol. The number of hydrogen-bond donors (Lipinski definition) is 5. The molecule has 1 heterocycles. The number of aliphatic hydroxyl groups excluding tert-OH is 3. The van der Waals surface area contributed by atoms with Gasteiger partial charge in [0.05, 0.1) is 26.2 Å². The zero-order valence-corrected chi connectivity index (χ0v) is 20.8. The lowest BCUT2D eigenvalue weighted by Crippen LogP contribution is -2.67. The second-order valence-corrected chi connectivity index (χ2v) is 9.53. The summed E-state index contributed by atoms with van der Waals surface area (Å²) < 4.78 is 16.7. The van der Waals surface area contributed by atoms with Crippen molar-refractivity contribution < 1.29 is 49.3 Å². The molecular weight excluding hydrogens is 484 g/mol. The minimum atomic E-state index is -2.03. The summed E-state index contributed by atoms with van der Waals surface area (Å²) in [5.41, 5.74) is -0.805. The normalized spacial score (nSPS) is 33.9. The van der Waals surface area contributed by atoms with Gasteiger partial charge in [0.1, 0.15) is 23.9 Å². The zero-order chi connectivity index (χ0) is 27.2. The van der Waals surface area contributed by atoms with E-state index in [2.05, 4.69) is 6.58 Å². The molecule has 0 unspecified atom stereocenters. The summed E-state index contributed by atoms with van der Waals surface area (Å²) >= 11 is 0. The number of carbonyl (C=O) groups is 2. The summed E-state index contributed by atoms with van der Waals surface area (Å²) in [6.07, 6.45) is -2.85. The van der Waals surface area contributed by atoms with Gasteiger partial charge in [-0.3, -0.25) is 4.79 Å². The van der Waals surface area contributed by atoms with Crippen molar-refractivity contribution in [3.05, 3.63) is 60.2 Å². The highest BCUT2D eigenvalue weighted by atomic mass is 16.7. The highest BCUT2D eigenvalue weighted by Crippen LogP contribution is 2.41. The van der Waals surface area contributed by atoms with E-state index in [1.165, 1.54) is 19.3 Å². The Morgan fingerprint density at radius 1 is 1.24 bits per heavy atom. The summed E-state index contributed by atoms with van der Waals surface area (Å²) in [4.78, 5) is 23.9. The summed E-state index contributed by atoms with van der Waals surface area (Å²) in [7, 11) is 1.21. The van der Waals surface area contributed by atoms with E-state index in [4.69, 9.17) is 14.2 Å². The van der Waals surface area contributed by atoms with Crippen LogP contribution in [0.1, 0.15) is 31.2 Å². The third-order valence-electron chi connectivity index (χ3n) is 7.24. The maximum Gasteiger partial charge on any atom is 0.333 e. The van der Waals surface area contributed by atoms with Crippen molar-refractivity contribution in [3.63, 3.8) is 0 Å². The molecule has 0 radical (unpaired) electrons. The lowest BCUT2D eigenvalue weighted by molar-refractivity contribution is -0.354. The molecule has 2 aliphatic rings. The van der Waals surface area contributed by atoms with Gasteiger partial charge in [-0.2, -0.15) is 0 Å². The number of carboxylic acid groups (broad SMARTS) is 1. The Labute approximate surface area is 215 Å². The van der Waals surface area contributed by atoms with E-state index in [0.717, 1.165) is 5.56 Å². The minimum Gasteiger partial charge on any atom is -0.481 e. The number of carbonyl (C=O) groups excluding carboxylic acids is 1. The maximum atomic E-state index is 12.3. The molecule has 10 nitrogen and oxygen atoms in total. The van der Waals surface area contributed by atoms with Crippen molar-refractivity contribution in [3.8, 4) is 0 Å². The first kappa shape index (κ1) is 29.0. The van der Waals surface area contributed by atoms with E-state index in [0.29, 0.717) is 12.8 Å². The fourth-order valence-electron chi connectivity index (χ4n) is 5.21. The molecule has 204 valence electrons. The van der Waals surface area contributed by atoms with Gasteiger partial charge < -0.3 is 39.7 Å². The monoisotopic (exact) mass is 520 g/mol. The first-order valence-corrected chi connectivity index (χ1v) is 12.3. The molecule has 10 heteroatoms. The molecule has 0 bridgehead atoms. The Kier molecular flexibility index (Phi) is 10.00. The van der Waals surface area contributed by atoms with Gasteiger partial charge in [-0.15, -0.1) is 6.58 Å². The topological polar surface area (TPSA) is 163 Å². The predicted octanol–water partition coefficient (Wildman–Crippen LogP) is 0.961. The Balaban J connectivity index is 1.86. The van der Waals surface area contributed by atoms with Crippen molar-refractivity contribution in [1.29, 1.82) is 0 Å². The van der Waals surface area contributed by atoms with Crippen LogP contribution in [0.2, 0.25) is 0 Å². The first-order chi connectivity index (χ1) is 17.7. The molecule has 0 amide bonds. The number of benzene rings is 1. The van der Waals surface area contributed by atoms with E-state index in [1.807, 2.05) is 30.3 Å². The summed E-state index contributed by atoms with van der Waals surface area (Å²) in [5.74, 6) is -3.25. The number of aliphatic hydroxyl groups is 4. The van der Waals surface area contributed by atoms with Crippen LogP contribution in [0.4, 0.5) is 0 Å². The number of aryl methyl sites for hydroxylation is 1. The molecule has 1 aromatic carbocycles. The van der Waals surface area contributed by atoms with E-state index in [9.17, 15) is 35.1 Å². The third-order valence-corrected chi connectivity index (χ3v) is 7.24. The molecule has 37 heavy (non-hydrogen) atoms. The number of ether oxygens (including phenoxy) is 3. The van der Waals surface area contributed by atoms with E-state index < -0.39 is 66.7 Å². The molecular formula is C27H36O10. The number of aliphatic carboxylic acids is 1. The standard InChI is InChI=1S/C27H36O10/c1-3-17-19(14-22(29)30)18(25(33)35-2)11-12-20(17)36-26-27(34,24(32)23(31)21(15-28)37-26)13-7-10-16-8-5-4-6-9-16/h3-6,8-9,11,17,19-21,23-24,26,28,31-32,34H,1,7,10,12-15H2,2H3,(H,29,30)/t17-,19+,20-,21-,23-,24+,26+,27-/m1/s1. The average Bonchev–Trinajstić information content (AvgIpc) is 2.89. The lowest BCUT2D eigenvalue weighted by atomic mass is 9.74. The number of hydrogen-bond acceptors (Lipinski definition) is 9. The Hall–Kier alpha value is -2.60. The smallest absolute Gasteiger partial charge is 0.333 e. The van der Waals surface area contributed by atoms with Crippen LogP contribution in [0.25, 0.3) is 0 Å². The van der Waals surface area contributed by atoms with Gasteiger partial charge in [0.25, 0.3) is 0 Å². The van der Waals surface area contributed by atoms with Crippen LogP contribution in [-0.4, -0.2) is 87.5 Å². The van der Waals surface area contributed by atoms with Crippen LogP contribution in [-0.2, 0) is 30.2 Å². The molecule has 1 aliphatic carbocycles. The number of rotatable bonds is 11. The van der Waals surface area contributed by atoms with Crippen LogP contribution in [0.15, 0.2) is 54.6 Å². The van der Waals surface area contributed by atoms with Gasteiger partial charge in [-0.1, -0.05) is 42.5 Å². The lowest BCUT2D eigenvalue weighted by Gasteiger charge is -2.49. The molecule has 3 rings (SSSR count). The highest BCUT2D eigenvalue weighted by Gasteiger charge is 2.56. The second kappa shape index (κ2) is 12.8. The molecule has 0 spiro atoms. The Morgan fingerprint density at radius 3 is 2.54 bits per heavy atom. The molecule has 5 N–H and O–H groups in total. The molecule has 0 aromatic heterocycles. The van der Waals surface area contributed by atoms with Gasteiger partial charge in [0.2, 0.25) is 0 Å². The molecule has 0 saturated carbocycles. The van der Waals surface area contributed by atoms with E-state index >= 15 is 0 Å². The van der Waals surface area contributed by atoms with E-state index in [1.54, 1.807) is 0 Å². The SMILES string of the molecule is C=C[C@@H]1[C@H](CC(=O)O)C(C(=O)OC)=CC[C@H]1O[C@H]1O[C@H](CO)[C@@H](O)[C@H](O)[C@]1(O)CCCc1ccccc1. The van der Waals surface area contributed by atoms with Gasteiger partial charge in [0.15, 0.2) is 6.29 Å². The molecule has 1 aromatic rings. The maximum absolute atomic E-state index is 12.3. The van der Waals surface area contributed by atoms with Gasteiger partial charge in [0, 0.05) is 17.4 Å². The van der Waals surface area contributed by atoms with Gasteiger partial charge in [-0.25, -0.2) is 4.79 Å². The fraction of sp³-hybridized carbons (Fsp3) is 0.556. The molecule has 1 saturated heterocycles. The molecule has 1 aliphatic heterocycles. The van der Waals surface area contributed by atoms with Crippen LogP contribution >= 0.6 is 0 Å². The summed E-state index contributed by atoms with van der Waals surface area (Å²) in [6.45, 7) is 3.17. The second-order valence-electron chi connectivity index (χ2n) is 9.53. The van der Waals surface area contributed by atoms with Crippen molar-refractivity contribution >= 4 is 11.9 Å². The Morgan fingerprint density at radius 2 is 1.95 bits per heavy atom. The van der Waals surface area contributed by atoms with Gasteiger partial charge >= 0.3 is 11.9 Å². The molecule has 8 atom stereocenters. The van der Waals surface area contributed by atoms with Crippen molar-refractivity contribution in [2.24, 2.45) is 11.8 Å². The van der Waals surface area contributed by atoms with Crippen LogP contribution in [0.3, 0.4) is 0 Å². The molecule has 1 fully saturated rings. The summed E-state index contributed by atoms with van der Waals surface area (Å²) in [6, 6.07) is 9.56.